The third kappa shape index (κ3) is 4.10. The zero-order valence-corrected chi connectivity index (χ0v) is 28.3. The molecule has 0 aliphatic rings. The summed E-state index contributed by atoms with van der Waals surface area (Å²) in [7, 11) is 0. The van der Waals surface area contributed by atoms with Crippen molar-refractivity contribution in [3.8, 4) is 33.4 Å². The fourth-order valence-corrected chi connectivity index (χ4v) is 9.05. The Hall–Kier alpha value is -6.76. The highest BCUT2D eigenvalue weighted by atomic mass is 14.2. The van der Waals surface area contributed by atoms with Crippen molar-refractivity contribution >= 4 is 86.2 Å². The maximum Gasteiger partial charge on any atom is -0.00264 e. The number of fused-ring (bicyclic) bond motifs is 2. The third-order valence-electron chi connectivity index (χ3n) is 11.6. The molecule has 0 nitrogen and oxygen atoms in total. The van der Waals surface area contributed by atoms with E-state index in [1.165, 1.54) is 120 Å². The first-order valence-electron chi connectivity index (χ1n) is 18.1. The van der Waals surface area contributed by atoms with Gasteiger partial charge in [0.05, 0.1) is 0 Å². The third-order valence-corrected chi connectivity index (χ3v) is 11.6. The highest BCUT2D eigenvalue weighted by Crippen LogP contribution is 2.40. The normalized spacial score (nSPS) is 12.2. The monoisotopic (exact) mass is 654 g/mol. The van der Waals surface area contributed by atoms with Gasteiger partial charge in [0.25, 0.3) is 0 Å². The molecule has 0 aliphatic heterocycles. The lowest BCUT2D eigenvalue weighted by Gasteiger charge is -2.13. The van der Waals surface area contributed by atoms with Gasteiger partial charge in [0.15, 0.2) is 0 Å². The van der Waals surface area contributed by atoms with Gasteiger partial charge in [0, 0.05) is 0 Å². The summed E-state index contributed by atoms with van der Waals surface area (Å²) in [5.41, 5.74) is 7.48. The van der Waals surface area contributed by atoms with Crippen LogP contribution in [-0.4, -0.2) is 0 Å². The zero-order valence-electron chi connectivity index (χ0n) is 28.3. The van der Waals surface area contributed by atoms with Crippen LogP contribution in [0.4, 0.5) is 0 Å². The van der Waals surface area contributed by atoms with E-state index in [1.807, 2.05) is 0 Å². The Balaban J connectivity index is 0.884. The molecular formula is C52H30. The summed E-state index contributed by atoms with van der Waals surface area (Å²) in [6.45, 7) is 0. The van der Waals surface area contributed by atoms with Crippen LogP contribution in [0.15, 0.2) is 182 Å². The van der Waals surface area contributed by atoms with Crippen molar-refractivity contribution in [1.82, 2.24) is 0 Å². The molecule has 0 spiro atoms. The first kappa shape index (κ1) is 28.0. The minimum atomic E-state index is 1.24. The fraction of sp³-hybridized carbons (Fsp3) is 0. The second-order valence-corrected chi connectivity index (χ2v) is 14.6. The molecule has 0 fully saturated rings. The molecule has 0 N–H and O–H groups in total. The van der Waals surface area contributed by atoms with Crippen molar-refractivity contribution in [3.05, 3.63) is 182 Å². The van der Waals surface area contributed by atoms with E-state index >= 15 is 0 Å². The van der Waals surface area contributed by atoms with Gasteiger partial charge in [-0.2, -0.15) is 0 Å². The lowest BCUT2D eigenvalue weighted by molar-refractivity contribution is 1.65. The van der Waals surface area contributed by atoms with Crippen molar-refractivity contribution < 1.29 is 0 Å². The maximum absolute atomic E-state index is 2.36. The molecule has 0 aromatic heterocycles. The van der Waals surface area contributed by atoms with Crippen LogP contribution >= 0.6 is 0 Å². The minimum Gasteiger partial charge on any atom is -0.0610 e. The molecule has 12 rings (SSSR count). The van der Waals surface area contributed by atoms with Crippen molar-refractivity contribution in [3.63, 3.8) is 0 Å². The van der Waals surface area contributed by atoms with E-state index in [-0.39, 0.29) is 0 Å². The summed E-state index contributed by atoms with van der Waals surface area (Å²) in [5.74, 6) is 0. The first-order chi connectivity index (χ1) is 25.7. The largest absolute Gasteiger partial charge is 0.0610 e. The first-order valence-corrected chi connectivity index (χ1v) is 18.1. The van der Waals surface area contributed by atoms with Gasteiger partial charge in [-0.1, -0.05) is 133 Å². The van der Waals surface area contributed by atoms with Crippen molar-refractivity contribution in [2.45, 2.75) is 0 Å². The predicted octanol–water partition coefficient (Wildman–Crippen LogP) is 14.8. The molecule has 0 amide bonds. The van der Waals surface area contributed by atoms with E-state index in [4.69, 9.17) is 0 Å². The van der Waals surface area contributed by atoms with E-state index in [9.17, 15) is 0 Å². The second kappa shape index (κ2) is 10.4. The Bertz CT molecular complexity index is 3040. The van der Waals surface area contributed by atoms with Crippen LogP contribution in [0, 0.1) is 0 Å². The van der Waals surface area contributed by atoms with E-state index in [0.717, 1.165) is 0 Å². The quantitative estimate of drug-likeness (QED) is 0.166. The SMILES string of the molecule is c1cc2ccc3cc(-c4ccc5cc(-c6ccc7cc(-c8cc9ccc%10cccc%11ccc(c8)c9c%10%11)ccc7c6)ccc5c4)cc4ccc(c1)c2c34. The average molecular weight is 655 g/mol. The predicted molar refractivity (Wildman–Crippen MR) is 225 cm³/mol. The molecule has 12 aromatic carbocycles. The van der Waals surface area contributed by atoms with Gasteiger partial charge >= 0.3 is 0 Å². The maximum atomic E-state index is 2.36. The molecule has 0 aliphatic carbocycles. The van der Waals surface area contributed by atoms with Gasteiger partial charge in [-0.3, -0.25) is 0 Å². The Morgan fingerprint density at radius 1 is 0.154 bits per heavy atom. The highest BCUT2D eigenvalue weighted by Gasteiger charge is 2.13. The lowest BCUT2D eigenvalue weighted by atomic mass is 9.90. The lowest BCUT2D eigenvalue weighted by Crippen LogP contribution is -1.87. The van der Waals surface area contributed by atoms with Crippen LogP contribution in [-0.2, 0) is 0 Å². The van der Waals surface area contributed by atoms with Gasteiger partial charge in [0.2, 0.25) is 0 Å². The standard InChI is InChI=1S/C52H30/c1-3-31-7-19-43-27-47(28-44-20-8-32(4-1)49(31)51(43)44)41-17-15-37-23-35(11-13-39(37)25-41)36-12-14-40-26-42(18-16-38(40)24-36)48-29-45-21-9-33-5-2-6-34-10-22-46(30-48)52(45)50(33)34/h1-30H. The Morgan fingerprint density at radius 2 is 0.365 bits per heavy atom. The van der Waals surface area contributed by atoms with Crippen LogP contribution in [0.25, 0.3) is 120 Å². The molecule has 238 valence electrons. The van der Waals surface area contributed by atoms with Crippen LogP contribution in [0.5, 0.6) is 0 Å². The van der Waals surface area contributed by atoms with E-state index in [1.54, 1.807) is 0 Å². The van der Waals surface area contributed by atoms with E-state index < -0.39 is 0 Å². The van der Waals surface area contributed by atoms with Crippen LogP contribution in [0.3, 0.4) is 0 Å². The molecular weight excluding hydrogens is 625 g/mol. The number of rotatable bonds is 3. The molecule has 0 unspecified atom stereocenters. The molecule has 0 bridgehead atoms. The summed E-state index contributed by atoms with van der Waals surface area (Å²) in [6.07, 6.45) is 0. The molecule has 0 heteroatoms. The van der Waals surface area contributed by atoms with Gasteiger partial charge in [-0.15, -0.1) is 0 Å². The van der Waals surface area contributed by atoms with E-state index in [0.29, 0.717) is 0 Å². The zero-order chi connectivity index (χ0) is 33.9. The summed E-state index contributed by atoms with van der Waals surface area (Å²) < 4.78 is 0. The van der Waals surface area contributed by atoms with Gasteiger partial charge in [0.1, 0.15) is 0 Å². The Morgan fingerprint density at radius 3 is 0.673 bits per heavy atom. The number of benzene rings is 12. The van der Waals surface area contributed by atoms with Crippen molar-refractivity contribution in [1.29, 1.82) is 0 Å². The Kier molecular flexibility index (Phi) is 5.59. The van der Waals surface area contributed by atoms with Crippen LogP contribution in [0.1, 0.15) is 0 Å². The summed E-state index contributed by atoms with van der Waals surface area (Å²) in [4.78, 5) is 0. The van der Waals surface area contributed by atoms with Crippen molar-refractivity contribution in [2.75, 3.05) is 0 Å². The molecule has 0 heterocycles. The molecule has 12 aromatic rings. The Labute approximate surface area is 300 Å². The summed E-state index contributed by atoms with van der Waals surface area (Å²) >= 11 is 0. The van der Waals surface area contributed by atoms with Crippen molar-refractivity contribution in [2.24, 2.45) is 0 Å². The van der Waals surface area contributed by atoms with E-state index in [2.05, 4.69) is 182 Å². The topological polar surface area (TPSA) is 0 Å². The molecule has 0 saturated carbocycles. The van der Waals surface area contributed by atoms with Gasteiger partial charge in [-0.25, -0.2) is 0 Å². The highest BCUT2D eigenvalue weighted by molar-refractivity contribution is 6.25. The molecule has 0 saturated heterocycles. The minimum absolute atomic E-state index is 1.24. The smallest absolute Gasteiger partial charge is 0.00264 e. The summed E-state index contributed by atoms with van der Waals surface area (Å²) in [6, 6.07) is 68.3. The molecule has 52 heavy (non-hydrogen) atoms. The number of hydrogen-bond donors (Lipinski definition) is 0. The van der Waals surface area contributed by atoms with Crippen LogP contribution < -0.4 is 0 Å². The molecule has 0 atom stereocenters. The van der Waals surface area contributed by atoms with Gasteiger partial charge in [-0.05, 0) is 168 Å². The van der Waals surface area contributed by atoms with Gasteiger partial charge < -0.3 is 0 Å². The summed E-state index contributed by atoms with van der Waals surface area (Å²) in [5, 5.41) is 20.9. The molecule has 0 radical (unpaired) electrons. The fourth-order valence-electron chi connectivity index (χ4n) is 9.05. The average Bonchev–Trinajstić information content (AvgIpc) is 3.21. The second-order valence-electron chi connectivity index (χ2n) is 14.6. The van der Waals surface area contributed by atoms with Crippen LogP contribution in [0.2, 0.25) is 0 Å². The number of hydrogen-bond acceptors (Lipinski definition) is 0.